The molecule has 0 aliphatic carbocycles. The van der Waals surface area contributed by atoms with E-state index in [9.17, 15) is 9.59 Å². The zero-order valence-electron chi connectivity index (χ0n) is 15.0. The second-order valence-corrected chi connectivity index (χ2v) is 6.42. The third kappa shape index (κ3) is 3.43. The Morgan fingerprint density at radius 3 is 2.27 bits per heavy atom. The van der Waals surface area contributed by atoms with E-state index in [-0.39, 0.29) is 24.7 Å². The number of hydrogen-bond acceptors (Lipinski definition) is 4. The molecule has 0 radical (unpaired) electrons. The molecule has 1 heterocycles. The van der Waals surface area contributed by atoms with E-state index < -0.39 is 5.41 Å². The molecule has 2 aromatic carbocycles. The molecule has 136 valence electrons. The minimum absolute atomic E-state index is 0.0357. The van der Waals surface area contributed by atoms with Gasteiger partial charge in [-0.25, -0.2) is 4.79 Å². The van der Waals surface area contributed by atoms with Crippen molar-refractivity contribution in [2.45, 2.75) is 39.5 Å². The predicted octanol–water partition coefficient (Wildman–Crippen LogP) is 3.68. The van der Waals surface area contributed by atoms with E-state index in [0.717, 1.165) is 18.4 Å². The fourth-order valence-corrected chi connectivity index (χ4v) is 3.14. The second kappa shape index (κ2) is 7.60. The number of nitrogens with one attached hydrogen (secondary N) is 1. The van der Waals surface area contributed by atoms with Gasteiger partial charge in [0.15, 0.2) is 6.23 Å². The van der Waals surface area contributed by atoms with Crippen LogP contribution < -0.4 is 10.1 Å². The number of benzene rings is 2. The van der Waals surface area contributed by atoms with Crippen molar-refractivity contribution in [2.75, 3.05) is 0 Å². The molecule has 0 aromatic heterocycles. The van der Waals surface area contributed by atoms with Crippen LogP contribution in [0.25, 0.3) is 0 Å². The largest absolute Gasteiger partial charge is 0.470 e. The third-order valence-electron chi connectivity index (χ3n) is 5.03. The molecule has 0 saturated carbocycles. The SMILES string of the molecule is CCC1(CC)C(=O)N[C@H]1Oc1ccc(C(=O)OCc2ccccc2)cc1. The van der Waals surface area contributed by atoms with Crippen LogP contribution >= 0.6 is 0 Å². The van der Waals surface area contributed by atoms with Gasteiger partial charge in [0.2, 0.25) is 5.91 Å². The summed E-state index contributed by atoms with van der Waals surface area (Å²) < 4.78 is 11.2. The van der Waals surface area contributed by atoms with Crippen LogP contribution in [0.15, 0.2) is 54.6 Å². The molecule has 1 fully saturated rings. The van der Waals surface area contributed by atoms with Crippen molar-refractivity contribution in [3.63, 3.8) is 0 Å². The van der Waals surface area contributed by atoms with Gasteiger partial charge in [0, 0.05) is 0 Å². The molecule has 0 unspecified atom stereocenters. The van der Waals surface area contributed by atoms with E-state index in [1.807, 2.05) is 44.2 Å². The molecular formula is C21H23NO4. The minimum Gasteiger partial charge on any atom is -0.470 e. The lowest BCUT2D eigenvalue weighted by Crippen LogP contribution is -2.69. The zero-order valence-corrected chi connectivity index (χ0v) is 15.0. The first kappa shape index (κ1) is 18.0. The van der Waals surface area contributed by atoms with Gasteiger partial charge < -0.3 is 14.8 Å². The standard InChI is InChI=1S/C21H23NO4/c1-3-21(4-2)19(24)22-20(21)26-17-12-10-16(11-13-17)18(23)25-14-15-8-6-5-7-9-15/h5-13,20H,3-4,14H2,1-2H3,(H,22,24)/t20-/m0/s1. The highest BCUT2D eigenvalue weighted by molar-refractivity contribution is 5.90. The van der Waals surface area contributed by atoms with Crippen molar-refractivity contribution >= 4 is 11.9 Å². The van der Waals surface area contributed by atoms with Gasteiger partial charge in [-0.1, -0.05) is 44.2 Å². The van der Waals surface area contributed by atoms with Gasteiger partial charge in [0.1, 0.15) is 17.8 Å². The number of esters is 1. The molecular weight excluding hydrogens is 330 g/mol. The Hall–Kier alpha value is -2.82. The van der Waals surface area contributed by atoms with Crippen molar-refractivity contribution in [3.8, 4) is 5.75 Å². The number of β-lactam (4-membered cyclic amide) rings is 1. The predicted molar refractivity (Wildman–Crippen MR) is 97.6 cm³/mol. The normalized spacial score (nSPS) is 17.8. The monoisotopic (exact) mass is 353 g/mol. The number of ether oxygens (including phenoxy) is 2. The second-order valence-electron chi connectivity index (χ2n) is 6.42. The first-order valence-corrected chi connectivity index (χ1v) is 8.88. The summed E-state index contributed by atoms with van der Waals surface area (Å²) in [5.41, 5.74) is 0.938. The van der Waals surface area contributed by atoms with E-state index >= 15 is 0 Å². The van der Waals surface area contributed by atoms with E-state index in [4.69, 9.17) is 9.47 Å². The Kier molecular flexibility index (Phi) is 5.26. The maximum Gasteiger partial charge on any atom is 0.338 e. The molecule has 0 spiro atoms. The minimum atomic E-state index is -0.465. The van der Waals surface area contributed by atoms with Crippen LogP contribution in [-0.2, 0) is 16.1 Å². The van der Waals surface area contributed by atoms with Gasteiger partial charge in [-0.15, -0.1) is 0 Å². The molecule has 5 nitrogen and oxygen atoms in total. The van der Waals surface area contributed by atoms with Gasteiger partial charge in [-0.3, -0.25) is 4.79 Å². The van der Waals surface area contributed by atoms with Crippen molar-refractivity contribution in [1.82, 2.24) is 5.32 Å². The average Bonchev–Trinajstić information content (AvgIpc) is 2.68. The Morgan fingerprint density at radius 2 is 1.69 bits per heavy atom. The van der Waals surface area contributed by atoms with E-state index in [0.29, 0.717) is 11.3 Å². The molecule has 5 heteroatoms. The van der Waals surface area contributed by atoms with Gasteiger partial charge in [0.25, 0.3) is 0 Å². The maximum absolute atomic E-state index is 12.1. The topological polar surface area (TPSA) is 64.6 Å². The van der Waals surface area contributed by atoms with Gasteiger partial charge in [-0.2, -0.15) is 0 Å². The lowest BCUT2D eigenvalue weighted by Gasteiger charge is -2.47. The molecule has 1 aliphatic rings. The summed E-state index contributed by atoms with van der Waals surface area (Å²) >= 11 is 0. The average molecular weight is 353 g/mol. The molecule has 1 atom stereocenters. The summed E-state index contributed by atoms with van der Waals surface area (Å²) in [4.78, 5) is 24.0. The van der Waals surface area contributed by atoms with Crippen molar-refractivity contribution in [1.29, 1.82) is 0 Å². The van der Waals surface area contributed by atoms with E-state index in [1.165, 1.54) is 0 Å². The fraction of sp³-hybridized carbons (Fsp3) is 0.333. The molecule has 3 rings (SSSR count). The molecule has 1 amide bonds. The first-order valence-electron chi connectivity index (χ1n) is 8.88. The van der Waals surface area contributed by atoms with Gasteiger partial charge >= 0.3 is 5.97 Å². The number of amides is 1. The van der Waals surface area contributed by atoms with E-state index in [2.05, 4.69) is 5.32 Å². The molecule has 2 aromatic rings. The zero-order chi connectivity index (χ0) is 18.6. The van der Waals surface area contributed by atoms with Crippen LogP contribution in [0.5, 0.6) is 5.75 Å². The molecule has 0 bridgehead atoms. The Balaban J connectivity index is 1.58. The summed E-state index contributed by atoms with van der Waals surface area (Å²) in [5.74, 6) is 0.267. The summed E-state index contributed by atoms with van der Waals surface area (Å²) in [6.07, 6.45) is 1.12. The fourth-order valence-electron chi connectivity index (χ4n) is 3.14. The Bertz CT molecular complexity index is 766. The van der Waals surface area contributed by atoms with Gasteiger partial charge in [0.05, 0.1) is 5.56 Å². The molecule has 1 N–H and O–H groups in total. The number of carbonyl (C=O) groups excluding carboxylic acids is 2. The Labute approximate surface area is 153 Å². The molecule has 26 heavy (non-hydrogen) atoms. The van der Waals surface area contributed by atoms with Crippen LogP contribution in [0.4, 0.5) is 0 Å². The van der Waals surface area contributed by atoms with Crippen LogP contribution in [0.3, 0.4) is 0 Å². The summed E-state index contributed by atoms with van der Waals surface area (Å²) in [6.45, 7) is 4.22. The number of rotatable bonds is 7. The van der Waals surface area contributed by atoms with Crippen LogP contribution in [-0.4, -0.2) is 18.1 Å². The highest BCUT2D eigenvalue weighted by Gasteiger charge is 2.54. The van der Waals surface area contributed by atoms with Crippen molar-refractivity contribution in [3.05, 3.63) is 65.7 Å². The highest BCUT2D eigenvalue weighted by Crippen LogP contribution is 2.39. The van der Waals surface area contributed by atoms with Crippen LogP contribution in [0.2, 0.25) is 0 Å². The summed E-state index contributed by atoms with van der Waals surface area (Å²) in [6, 6.07) is 16.3. The lowest BCUT2D eigenvalue weighted by atomic mass is 9.73. The Morgan fingerprint density at radius 1 is 1.04 bits per heavy atom. The third-order valence-corrected chi connectivity index (χ3v) is 5.03. The van der Waals surface area contributed by atoms with E-state index in [1.54, 1.807) is 24.3 Å². The highest BCUT2D eigenvalue weighted by atomic mass is 16.5. The maximum atomic E-state index is 12.1. The molecule has 1 saturated heterocycles. The number of hydrogen-bond donors (Lipinski definition) is 1. The number of carbonyl (C=O) groups is 2. The van der Waals surface area contributed by atoms with Crippen LogP contribution in [0.1, 0.15) is 42.6 Å². The van der Waals surface area contributed by atoms with Crippen LogP contribution in [0, 0.1) is 5.41 Å². The first-order chi connectivity index (χ1) is 12.6. The lowest BCUT2D eigenvalue weighted by molar-refractivity contribution is -0.161. The molecule has 1 aliphatic heterocycles. The quantitative estimate of drug-likeness (QED) is 0.609. The summed E-state index contributed by atoms with van der Waals surface area (Å²) in [5, 5.41) is 2.81. The van der Waals surface area contributed by atoms with Crippen molar-refractivity contribution in [2.24, 2.45) is 5.41 Å². The summed E-state index contributed by atoms with van der Waals surface area (Å²) in [7, 11) is 0. The van der Waals surface area contributed by atoms with Crippen molar-refractivity contribution < 1.29 is 19.1 Å². The van der Waals surface area contributed by atoms with Gasteiger partial charge in [-0.05, 0) is 42.7 Å². The smallest absolute Gasteiger partial charge is 0.338 e.